The fourth-order valence-electron chi connectivity index (χ4n) is 4.05. The molecule has 1 N–H and O–H groups in total. The van der Waals surface area contributed by atoms with Crippen LogP contribution in [-0.4, -0.2) is 58.4 Å². The molecule has 0 spiro atoms. The highest BCUT2D eigenvalue weighted by Crippen LogP contribution is 2.28. The predicted molar refractivity (Wildman–Crippen MR) is 94.9 cm³/mol. The summed E-state index contributed by atoms with van der Waals surface area (Å²) < 4.78 is 5.51. The molecule has 0 aliphatic carbocycles. The average Bonchev–Trinajstić information content (AvgIpc) is 3.36. The second-order valence-electron chi connectivity index (χ2n) is 6.90. The minimum Gasteiger partial charge on any atom is -0.395 e. The Balaban J connectivity index is 1.38. The van der Waals surface area contributed by atoms with Gasteiger partial charge in [-0.3, -0.25) is 9.80 Å². The molecule has 2 fully saturated rings. The van der Waals surface area contributed by atoms with Gasteiger partial charge in [-0.2, -0.15) is 0 Å². The van der Waals surface area contributed by atoms with Gasteiger partial charge in [-0.25, -0.2) is 0 Å². The standard InChI is InChI=1S/C18H25N3O2S/c22-13-16-5-2-8-21(16)12-15-4-1-7-20(15)11-14-10-17(23-19-14)18-6-3-9-24-18/h3,6,9-10,15-16,22H,1-2,4-5,7-8,11-13H2. The molecule has 2 saturated heterocycles. The summed E-state index contributed by atoms with van der Waals surface area (Å²) in [6.07, 6.45) is 4.84. The summed E-state index contributed by atoms with van der Waals surface area (Å²) >= 11 is 1.68. The number of hydrogen-bond donors (Lipinski definition) is 1. The van der Waals surface area contributed by atoms with Gasteiger partial charge in [0, 0.05) is 31.2 Å². The van der Waals surface area contributed by atoms with Gasteiger partial charge >= 0.3 is 0 Å². The first kappa shape index (κ1) is 16.3. The predicted octanol–water partition coefficient (Wildman–Crippen LogP) is 2.82. The maximum atomic E-state index is 9.53. The zero-order valence-electron chi connectivity index (χ0n) is 13.9. The molecule has 2 unspecified atom stereocenters. The molecule has 0 amide bonds. The summed E-state index contributed by atoms with van der Waals surface area (Å²) in [6.45, 7) is 4.48. The van der Waals surface area contributed by atoms with Crippen LogP contribution in [0.2, 0.25) is 0 Å². The van der Waals surface area contributed by atoms with Gasteiger partial charge in [0.25, 0.3) is 0 Å². The summed E-state index contributed by atoms with van der Waals surface area (Å²) in [5, 5.41) is 15.9. The van der Waals surface area contributed by atoms with Crippen LogP contribution < -0.4 is 0 Å². The van der Waals surface area contributed by atoms with Gasteiger partial charge in [0.05, 0.1) is 17.2 Å². The van der Waals surface area contributed by atoms with E-state index in [0.717, 1.165) is 48.9 Å². The van der Waals surface area contributed by atoms with Gasteiger partial charge in [-0.15, -0.1) is 11.3 Å². The van der Waals surface area contributed by atoms with Crippen LogP contribution in [0.15, 0.2) is 28.1 Å². The number of aliphatic hydroxyl groups is 1. The minimum absolute atomic E-state index is 0.292. The Morgan fingerprint density at radius 3 is 2.83 bits per heavy atom. The molecule has 0 saturated carbocycles. The number of thiophene rings is 1. The van der Waals surface area contributed by atoms with E-state index in [9.17, 15) is 5.11 Å². The fourth-order valence-corrected chi connectivity index (χ4v) is 4.73. The molecule has 0 bridgehead atoms. The lowest BCUT2D eigenvalue weighted by atomic mass is 10.1. The highest BCUT2D eigenvalue weighted by Gasteiger charge is 2.31. The van der Waals surface area contributed by atoms with Crippen molar-refractivity contribution in [2.45, 2.75) is 44.3 Å². The Hall–Kier alpha value is -1.21. The number of rotatable bonds is 6. The molecular formula is C18H25N3O2S. The van der Waals surface area contributed by atoms with Crippen molar-refractivity contribution in [3.63, 3.8) is 0 Å². The summed E-state index contributed by atoms with van der Waals surface area (Å²) in [5.41, 5.74) is 1.02. The van der Waals surface area contributed by atoms with E-state index >= 15 is 0 Å². The molecule has 2 aliphatic heterocycles. The van der Waals surface area contributed by atoms with Crippen LogP contribution in [0.25, 0.3) is 10.6 Å². The van der Waals surface area contributed by atoms with Gasteiger partial charge in [0.15, 0.2) is 5.76 Å². The lowest BCUT2D eigenvalue weighted by Crippen LogP contribution is -2.43. The van der Waals surface area contributed by atoms with E-state index in [4.69, 9.17) is 4.52 Å². The largest absolute Gasteiger partial charge is 0.395 e. The molecule has 4 rings (SSSR count). The third kappa shape index (κ3) is 3.42. The van der Waals surface area contributed by atoms with Crippen LogP contribution in [0.3, 0.4) is 0 Å². The van der Waals surface area contributed by atoms with Crippen molar-refractivity contribution in [3.05, 3.63) is 29.3 Å². The fraction of sp³-hybridized carbons (Fsp3) is 0.611. The van der Waals surface area contributed by atoms with Crippen molar-refractivity contribution < 1.29 is 9.63 Å². The molecule has 24 heavy (non-hydrogen) atoms. The number of aromatic nitrogens is 1. The van der Waals surface area contributed by atoms with Crippen LogP contribution in [0.1, 0.15) is 31.4 Å². The normalized spacial score (nSPS) is 25.7. The summed E-state index contributed by atoms with van der Waals surface area (Å²) in [5.74, 6) is 0.871. The Morgan fingerprint density at radius 1 is 1.21 bits per heavy atom. The van der Waals surface area contributed by atoms with Gasteiger partial charge in [0.2, 0.25) is 0 Å². The van der Waals surface area contributed by atoms with Crippen LogP contribution in [-0.2, 0) is 6.54 Å². The lowest BCUT2D eigenvalue weighted by Gasteiger charge is -2.30. The van der Waals surface area contributed by atoms with Crippen molar-refractivity contribution in [2.24, 2.45) is 0 Å². The van der Waals surface area contributed by atoms with Crippen LogP contribution in [0.4, 0.5) is 0 Å². The summed E-state index contributed by atoms with van der Waals surface area (Å²) in [4.78, 5) is 6.14. The maximum Gasteiger partial charge on any atom is 0.177 e. The van der Waals surface area contributed by atoms with E-state index in [1.54, 1.807) is 11.3 Å². The average molecular weight is 347 g/mol. The third-order valence-corrected chi connectivity index (χ3v) is 6.23. The molecule has 0 radical (unpaired) electrons. The number of hydrogen-bond acceptors (Lipinski definition) is 6. The Labute approximate surface area is 146 Å². The van der Waals surface area contributed by atoms with Crippen LogP contribution in [0, 0.1) is 0 Å². The molecule has 2 aliphatic rings. The van der Waals surface area contributed by atoms with E-state index in [-0.39, 0.29) is 0 Å². The highest BCUT2D eigenvalue weighted by molar-refractivity contribution is 7.13. The number of aliphatic hydroxyl groups excluding tert-OH is 1. The molecular weight excluding hydrogens is 322 g/mol. The van der Waals surface area contributed by atoms with Crippen molar-refractivity contribution in [2.75, 3.05) is 26.2 Å². The highest BCUT2D eigenvalue weighted by atomic mass is 32.1. The number of likely N-dealkylation sites (tertiary alicyclic amines) is 2. The van der Waals surface area contributed by atoms with Crippen LogP contribution in [0.5, 0.6) is 0 Å². The third-order valence-electron chi connectivity index (χ3n) is 5.34. The van der Waals surface area contributed by atoms with Crippen molar-refractivity contribution in [1.82, 2.24) is 15.0 Å². The molecule has 6 heteroatoms. The quantitative estimate of drug-likeness (QED) is 0.871. The van der Waals surface area contributed by atoms with Crippen molar-refractivity contribution in [1.29, 1.82) is 0 Å². The molecule has 4 heterocycles. The minimum atomic E-state index is 0.292. The Kier molecular flexibility index (Phi) is 4.98. The van der Waals surface area contributed by atoms with Crippen LogP contribution >= 0.6 is 11.3 Å². The van der Waals surface area contributed by atoms with E-state index in [1.165, 1.54) is 19.3 Å². The topological polar surface area (TPSA) is 52.7 Å². The monoisotopic (exact) mass is 347 g/mol. The maximum absolute atomic E-state index is 9.53. The summed E-state index contributed by atoms with van der Waals surface area (Å²) in [7, 11) is 0. The Bertz CT molecular complexity index is 642. The first-order chi connectivity index (χ1) is 11.8. The van der Waals surface area contributed by atoms with Crippen molar-refractivity contribution >= 4 is 11.3 Å². The smallest absolute Gasteiger partial charge is 0.177 e. The van der Waals surface area contributed by atoms with Gasteiger partial charge in [-0.05, 0) is 50.2 Å². The first-order valence-electron chi connectivity index (χ1n) is 8.92. The van der Waals surface area contributed by atoms with Gasteiger partial charge in [-0.1, -0.05) is 11.2 Å². The second kappa shape index (κ2) is 7.35. The van der Waals surface area contributed by atoms with Crippen molar-refractivity contribution in [3.8, 4) is 10.6 Å². The molecule has 5 nitrogen and oxygen atoms in total. The summed E-state index contributed by atoms with van der Waals surface area (Å²) in [6, 6.07) is 7.11. The Morgan fingerprint density at radius 2 is 2.04 bits per heavy atom. The van der Waals surface area contributed by atoms with Gasteiger partial charge < -0.3 is 9.63 Å². The molecule has 2 aromatic rings. The zero-order valence-corrected chi connectivity index (χ0v) is 14.7. The molecule has 2 atom stereocenters. The van der Waals surface area contributed by atoms with E-state index in [2.05, 4.69) is 32.5 Å². The van der Waals surface area contributed by atoms with E-state index in [1.807, 2.05) is 6.07 Å². The van der Waals surface area contributed by atoms with Gasteiger partial charge in [0.1, 0.15) is 0 Å². The van der Waals surface area contributed by atoms with E-state index < -0.39 is 0 Å². The number of nitrogens with zero attached hydrogens (tertiary/aromatic N) is 3. The SMILES string of the molecule is OCC1CCCN1CC1CCCN1Cc1cc(-c2cccs2)on1. The second-order valence-corrected chi connectivity index (χ2v) is 7.85. The zero-order chi connectivity index (χ0) is 16.4. The molecule has 130 valence electrons. The molecule has 2 aromatic heterocycles. The van der Waals surface area contributed by atoms with E-state index in [0.29, 0.717) is 18.7 Å². The molecule has 0 aromatic carbocycles. The first-order valence-corrected chi connectivity index (χ1v) is 9.80. The lowest BCUT2D eigenvalue weighted by molar-refractivity contribution is 0.119.